The van der Waals surface area contributed by atoms with Gasteiger partial charge < -0.3 is 24.8 Å². The second-order valence-corrected chi connectivity index (χ2v) is 6.58. The van der Waals surface area contributed by atoms with Crippen molar-refractivity contribution in [1.82, 2.24) is 10.6 Å². The summed E-state index contributed by atoms with van der Waals surface area (Å²) in [5.41, 5.74) is 0.288. The van der Waals surface area contributed by atoms with Gasteiger partial charge in [0.25, 0.3) is 0 Å². The zero-order valence-electron chi connectivity index (χ0n) is 17.4. The highest BCUT2D eigenvalue weighted by molar-refractivity contribution is 5.97. The van der Waals surface area contributed by atoms with E-state index in [1.165, 1.54) is 6.92 Å². The first-order valence-electron chi connectivity index (χ1n) is 9.17. The molecule has 0 spiro atoms. The van der Waals surface area contributed by atoms with E-state index in [4.69, 9.17) is 14.2 Å². The first-order valence-corrected chi connectivity index (χ1v) is 9.17. The van der Waals surface area contributed by atoms with Crippen molar-refractivity contribution in [2.75, 3.05) is 26.3 Å². The van der Waals surface area contributed by atoms with Crippen LogP contribution in [0.5, 0.6) is 0 Å². The van der Waals surface area contributed by atoms with E-state index in [0.29, 0.717) is 0 Å². The number of amides is 2. The van der Waals surface area contributed by atoms with Crippen LogP contribution >= 0.6 is 0 Å². The monoisotopic (exact) mass is 414 g/mol. The zero-order chi connectivity index (χ0) is 22.4. The van der Waals surface area contributed by atoms with Crippen molar-refractivity contribution in [1.29, 1.82) is 0 Å². The number of rotatable bonds is 14. The molecule has 0 bridgehead atoms. The maximum absolute atomic E-state index is 11.7. The predicted octanol–water partition coefficient (Wildman–Crippen LogP) is 0.0441. The van der Waals surface area contributed by atoms with Gasteiger partial charge in [0.15, 0.2) is 0 Å². The topological polar surface area (TPSA) is 137 Å². The fourth-order valence-electron chi connectivity index (χ4n) is 1.81. The summed E-state index contributed by atoms with van der Waals surface area (Å²) >= 11 is 0. The van der Waals surface area contributed by atoms with Crippen molar-refractivity contribution in [3.8, 4) is 0 Å². The van der Waals surface area contributed by atoms with Crippen LogP contribution < -0.4 is 10.6 Å². The summed E-state index contributed by atoms with van der Waals surface area (Å²) in [7, 11) is 0. The summed E-state index contributed by atoms with van der Waals surface area (Å²) in [6.45, 7) is 9.98. The van der Waals surface area contributed by atoms with Crippen molar-refractivity contribution in [3.63, 3.8) is 0 Å². The summed E-state index contributed by atoms with van der Waals surface area (Å²) in [5, 5.41) is 4.91. The molecule has 10 nitrogen and oxygen atoms in total. The molecule has 0 aromatic heterocycles. The SMILES string of the molecule is C=C(C)C(=O)OC(C)COC(C)COC(=O)CC(=O)NCCNC(=O)CC(C)=O. The van der Waals surface area contributed by atoms with E-state index in [9.17, 15) is 24.0 Å². The largest absolute Gasteiger partial charge is 0.463 e. The lowest BCUT2D eigenvalue weighted by Gasteiger charge is -2.17. The molecular formula is C19H30N2O8. The Morgan fingerprint density at radius 1 is 0.862 bits per heavy atom. The molecule has 0 rings (SSSR count). The van der Waals surface area contributed by atoms with Crippen LogP contribution in [0.2, 0.25) is 0 Å². The minimum absolute atomic E-state index is 0.0611. The normalized spacial score (nSPS) is 12.3. The third-order valence-corrected chi connectivity index (χ3v) is 3.23. The van der Waals surface area contributed by atoms with Crippen LogP contribution in [0.25, 0.3) is 0 Å². The number of hydrogen-bond donors (Lipinski definition) is 2. The molecule has 2 N–H and O–H groups in total. The van der Waals surface area contributed by atoms with E-state index < -0.39 is 42.4 Å². The molecule has 2 atom stereocenters. The highest BCUT2D eigenvalue weighted by Crippen LogP contribution is 2.02. The zero-order valence-corrected chi connectivity index (χ0v) is 17.4. The summed E-state index contributed by atoms with van der Waals surface area (Å²) in [6, 6.07) is 0. The smallest absolute Gasteiger partial charge is 0.333 e. The maximum atomic E-state index is 11.7. The van der Waals surface area contributed by atoms with E-state index >= 15 is 0 Å². The number of carbonyl (C=O) groups is 5. The lowest BCUT2D eigenvalue weighted by Crippen LogP contribution is -2.36. The minimum atomic E-state index is -0.722. The van der Waals surface area contributed by atoms with Crippen molar-refractivity contribution in [3.05, 3.63) is 12.2 Å². The molecule has 2 unspecified atom stereocenters. The quantitative estimate of drug-likeness (QED) is 0.176. The Labute approximate surface area is 170 Å². The Kier molecular flexibility index (Phi) is 12.9. The number of nitrogens with one attached hydrogen (secondary N) is 2. The van der Waals surface area contributed by atoms with Gasteiger partial charge in [-0.1, -0.05) is 6.58 Å². The Hall–Kier alpha value is -2.75. The number of ketones is 1. The van der Waals surface area contributed by atoms with Gasteiger partial charge in [0.1, 0.15) is 24.9 Å². The summed E-state index contributed by atoms with van der Waals surface area (Å²) in [5.74, 6) is -2.46. The molecule has 0 aromatic rings. The third kappa shape index (κ3) is 14.9. The fourth-order valence-corrected chi connectivity index (χ4v) is 1.81. The first-order chi connectivity index (χ1) is 13.5. The van der Waals surface area contributed by atoms with Crippen LogP contribution in [0.3, 0.4) is 0 Å². The van der Waals surface area contributed by atoms with E-state index in [2.05, 4.69) is 17.2 Å². The molecule has 2 amide bonds. The van der Waals surface area contributed by atoms with Gasteiger partial charge in [-0.3, -0.25) is 19.2 Å². The van der Waals surface area contributed by atoms with Crippen LogP contribution in [-0.2, 0) is 38.2 Å². The molecule has 0 aliphatic carbocycles. The summed E-state index contributed by atoms with van der Waals surface area (Å²) < 4.78 is 15.4. The van der Waals surface area contributed by atoms with E-state index in [-0.39, 0.29) is 44.1 Å². The number of hydrogen-bond acceptors (Lipinski definition) is 8. The third-order valence-electron chi connectivity index (χ3n) is 3.23. The van der Waals surface area contributed by atoms with E-state index in [1.54, 1.807) is 20.8 Å². The number of Topliss-reactive ketones (excluding diaryl/α,β-unsaturated/α-hetero) is 1. The molecule has 0 heterocycles. The van der Waals surface area contributed by atoms with Gasteiger partial charge in [-0.2, -0.15) is 0 Å². The van der Waals surface area contributed by atoms with Crippen LogP contribution in [0, 0.1) is 0 Å². The Morgan fingerprint density at radius 3 is 1.93 bits per heavy atom. The summed E-state index contributed by atoms with van der Waals surface area (Å²) in [4.78, 5) is 56.6. The fraction of sp³-hybridized carbons (Fsp3) is 0.632. The van der Waals surface area contributed by atoms with Crippen LogP contribution in [-0.4, -0.2) is 68.0 Å². The number of carbonyl (C=O) groups excluding carboxylic acids is 5. The van der Waals surface area contributed by atoms with E-state index in [1.807, 2.05) is 0 Å². The van der Waals surface area contributed by atoms with Crippen molar-refractivity contribution < 1.29 is 38.2 Å². The lowest BCUT2D eigenvalue weighted by atomic mass is 10.3. The average Bonchev–Trinajstić information content (AvgIpc) is 2.61. The molecule has 0 aromatic carbocycles. The highest BCUT2D eigenvalue weighted by atomic mass is 16.6. The van der Waals surface area contributed by atoms with Crippen molar-refractivity contribution >= 4 is 29.5 Å². The predicted molar refractivity (Wildman–Crippen MR) is 103 cm³/mol. The second kappa shape index (κ2) is 14.3. The maximum Gasteiger partial charge on any atom is 0.333 e. The molecule has 0 aliphatic rings. The number of esters is 2. The van der Waals surface area contributed by atoms with Gasteiger partial charge in [0.2, 0.25) is 11.8 Å². The van der Waals surface area contributed by atoms with Gasteiger partial charge in [-0.05, 0) is 27.7 Å². The molecule has 10 heteroatoms. The van der Waals surface area contributed by atoms with E-state index in [0.717, 1.165) is 0 Å². The molecular weight excluding hydrogens is 384 g/mol. The minimum Gasteiger partial charge on any atom is -0.463 e. The van der Waals surface area contributed by atoms with Crippen molar-refractivity contribution in [2.45, 2.75) is 52.7 Å². The highest BCUT2D eigenvalue weighted by Gasteiger charge is 2.15. The Balaban J connectivity index is 3.89. The van der Waals surface area contributed by atoms with Gasteiger partial charge >= 0.3 is 11.9 Å². The molecule has 29 heavy (non-hydrogen) atoms. The average molecular weight is 414 g/mol. The van der Waals surface area contributed by atoms with Gasteiger partial charge in [0, 0.05) is 18.7 Å². The number of ether oxygens (including phenoxy) is 3. The first kappa shape index (κ1) is 26.2. The van der Waals surface area contributed by atoms with Crippen LogP contribution in [0.4, 0.5) is 0 Å². The second-order valence-electron chi connectivity index (χ2n) is 6.58. The molecule has 0 saturated carbocycles. The molecule has 0 saturated heterocycles. The summed E-state index contributed by atoms with van der Waals surface area (Å²) in [6.07, 6.45) is -1.63. The molecule has 0 aliphatic heterocycles. The van der Waals surface area contributed by atoms with Crippen LogP contribution in [0.15, 0.2) is 12.2 Å². The molecule has 0 fully saturated rings. The molecule has 164 valence electrons. The van der Waals surface area contributed by atoms with Gasteiger partial charge in [-0.15, -0.1) is 0 Å². The molecule has 0 radical (unpaired) electrons. The van der Waals surface area contributed by atoms with Crippen LogP contribution in [0.1, 0.15) is 40.5 Å². The van der Waals surface area contributed by atoms with Gasteiger partial charge in [-0.25, -0.2) is 4.79 Å². The van der Waals surface area contributed by atoms with Gasteiger partial charge in [0.05, 0.1) is 19.1 Å². The Morgan fingerprint density at radius 2 is 1.41 bits per heavy atom. The van der Waals surface area contributed by atoms with Crippen molar-refractivity contribution in [2.24, 2.45) is 0 Å². The lowest BCUT2D eigenvalue weighted by molar-refractivity contribution is -0.152. The standard InChI is InChI=1S/C19H30N2O8/c1-12(2)19(26)29-15(5)11-27-14(4)10-28-18(25)9-17(24)21-7-6-20-16(23)8-13(3)22/h14-15H,1,6-11H2,2-5H3,(H,20,23)(H,21,24). The Bertz CT molecular complexity index is 617.